The molecule has 10 heteroatoms. The van der Waals surface area contributed by atoms with Gasteiger partial charge in [0.1, 0.15) is 11.5 Å². The molecular weight excluding hydrogens is 341 g/mol. The Hall–Kier alpha value is -2.91. The highest BCUT2D eigenvalue weighted by Gasteiger charge is 2.38. The van der Waals surface area contributed by atoms with Gasteiger partial charge < -0.3 is 13.6 Å². The van der Waals surface area contributed by atoms with E-state index in [1.54, 1.807) is 0 Å². The summed E-state index contributed by atoms with van der Waals surface area (Å²) in [5.41, 5.74) is 0.321. The first kappa shape index (κ1) is 15.6. The van der Waals surface area contributed by atoms with E-state index in [1.807, 2.05) is 6.07 Å². The first-order valence-electron chi connectivity index (χ1n) is 7.47. The molecule has 3 aromatic rings. The molecule has 3 heterocycles. The lowest BCUT2D eigenvalue weighted by Gasteiger charge is -2.03. The van der Waals surface area contributed by atoms with Crippen LogP contribution in [0, 0.1) is 0 Å². The van der Waals surface area contributed by atoms with Crippen molar-refractivity contribution in [2.24, 2.45) is 0 Å². The van der Waals surface area contributed by atoms with Gasteiger partial charge in [-0.2, -0.15) is 18.2 Å². The monoisotopic (exact) mass is 352 g/mol. The maximum absolute atomic E-state index is 12.5. The van der Waals surface area contributed by atoms with Crippen molar-refractivity contribution in [1.82, 2.24) is 19.9 Å². The lowest BCUT2D eigenvalue weighted by atomic mass is 10.2. The molecule has 0 bridgehead atoms. The van der Waals surface area contributed by atoms with Crippen molar-refractivity contribution >= 4 is 0 Å². The molecule has 1 saturated carbocycles. The molecule has 25 heavy (non-hydrogen) atoms. The normalized spacial score (nSPS) is 14.8. The van der Waals surface area contributed by atoms with Crippen LogP contribution in [0.1, 0.15) is 36.1 Å². The summed E-state index contributed by atoms with van der Waals surface area (Å²) >= 11 is 0. The minimum Gasteiger partial charge on any atom is -0.361 e. The Bertz CT molecular complexity index is 969. The van der Waals surface area contributed by atoms with Crippen LogP contribution in [0.5, 0.6) is 0 Å². The molecule has 0 N–H and O–H groups in total. The molecule has 1 aliphatic carbocycles. The number of halogens is 3. The van der Waals surface area contributed by atoms with E-state index in [-0.39, 0.29) is 17.9 Å². The molecule has 1 fully saturated rings. The van der Waals surface area contributed by atoms with E-state index < -0.39 is 17.6 Å². The summed E-state index contributed by atoms with van der Waals surface area (Å²) in [5, 5.41) is 7.18. The molecule has 4 rings (SSSR count). The Balaban J connectivity index is 1.55. The summed E-state index contributed by atoms with van der Waals surface area (Å²) in [6, 6.07) is 4.40. The van der Waals surface area contributed by atoms with Gasteiger partial charge in [-0.1, -0.05) is 10.3 Å². The van der Waals surface area contributed by atoms with Crippen LogP contribution in [0.15, 0.2) is 38.2 Å². The largest absolute Gasteiger partial charge is 0.471 e. The van der Waals surface area contributed by atoms with Crippen LogP contribution in [0.2, 0.25) is 0 Å². The van der Waals surface area contributed by atoms with Gasteiger partial charge in [0.2, 0.25) is 5.82 Å². The second kappa shape index (κ2) is 5.57. The topological polar surface area (TPSA) is 87.0 Å². The van der Waals surface area contributed by atoms with Crippen molar-refractivity contribution in [1.29, 1.82) is 0 Å². The van der Waals surface area contributed by atoms with Crippen LogP contribution in [0.4, 0.5) is 13.2 Å². The predicted molar refractivity (Wildman–Crippen MR) is 76.6 cm³/mol. The lowest BCUT2D eigenvalue weighted by Crippen LogP contribution is -2.19. The van der Waals surface area contributed by atoms with Crippen LogP contribution >= 0.6 is 0 Å². The minimum atomic E-state index is -4.73. The van der Waals surface area contributed by atoms with Gasteiger partial charge in [-0.3, -0.25) is 4.79 Å². The van der Waals surface area contributed by atoms with Crippen LogP contribution in [0.3, 0.4) is 0 Å². The van der Waals surface area contributed by atoms with E-state index in [2.05, 4.69) is 19.8 Å². The fourth-order valence-corrected chi connectivity index (χ4v) is 2.37. The Labute approximate surface area is 138 Å². The highest BCUT2D eigenvalue weighted by molar-refractivity contribution is 5.52. The van der Waals surface area contributed by atoms with Crippen molar-refractivity contribution < 1.29 is 22.2 Å². The first-order chi connectivity index (χ1) is 11.9. The summed E-state index contributed by atoms with van der Waals surface area (Å²) in [7, 11) is 0. The van der Waals surface area contributed by atoms with E-state index in [1.165, 1.54) is 16.8 Å². The van der Waals surface area contributed by atoms with Gasteiger partial charge in [0.25, 0.3) is 5.56 Å². The zero-order valence-electron chi connectivity index (χ0n) is 12.7. The van der Waals surface area contributed by atoms with Crippen LogP contribution in [0.25, 0.3) is 11.4 Å². The van der Waals surface area contributed by atoms with E-state index in [0.717, 1.165) is 24.7 Å². The van der Waals surface area contributed by atoms with Gasteiger partial charge in [-0.15, -0.1) is 0 Å². The molecule has 0 radical (unpaired) electrons. The lowest BCUT2D eigenvalue weighted by molar-refractivity contribution is -0.159. The van der Waals surface area contributed by atoms with Gasteiger partial charge in [0.15, 0.2) is 0 Å². The fraction of sp³-hybridized carbons (Fsp3) is 0.333. The number of aromatic nitrogens is 4. The minimum absolute atomic E-state index is 0.138. The van der Waals surface area contributed by atoms with Gasteiger partial charge >= 0.3 is 12.1 Å². The summed E-state index contributed by atoms with van der Waals surface area (Å²) in [6.45, 7) is 0.204. The average Bonchev–Trinajstić information content (AvgIpc) is 3.09. The van der Waals surface area contributed by atoms with E-state index in [0.29, 0.717) is 11.6 Å². The summed E-state index contributed by atoms with van der Waals surface area (Å²) in [5.74, 6) is -0.525. The van der Waals surface area contributed by atoms with Crippen molar-refractivity contribution in [3.8, 4) is 11.4 Å². The molecule has 0 amide bonds. The molecule has 7 nitrogen and oxygen atoms in total. The van der Waals surface area contributed by atoms with Crippen molar-refractivity contribution in [3.05, 3.63) is 52.1 Å². The van der Waals surface area contributed by atoms with E-state index in [9.17, 15) is 18.0 Å². The number of hydrogen-bond donors (Lipinski definition) is 0. The molecule has 0 aromatic carbocycles. The Kier molecular flexibility index (Phi) is 3.48. The van der Waals surface area contributed by atoms with Crippen LogP contribution in [-0.4, -0.2) is 19.9 Å². The molecule has 1 aliphatic rings. The first-order valence-corrected chi connectivity index (χ1v) is 7.47. The van der Waals surface area contributed by atoms with Crippen molar-refractivity contribution in [2.75, 3.05) is 0 Å². The molecule has 0 aliphatic heterocycles. The zero-order chi connectivity index (χ0) is 17.6. The van der Waals surface area contributed by atoms with Gasteiger partial charge in [-0.25, -0.2) is 0 Å². The summed E-state index contributed by atoms with van der Waals surface area (Å²) < 4.78 is 48.2. The third-order valence-electron chi connectivity index (χ3n) is 3.81. The maximum atomic E-state index is 12.5. The number of hydrogen-bond acceptors (Lipinski definition) is 6. The molecule has 0 spiro atoms. The highest BCUT2D eigenvalue weighted by atomic mass is 19.4. The number of alkyl halides is 3. The number of rotatable bonds is 4. The Morgan fingerprint density at radius 3 is 2.64 bits per heavy atom. The second-order valence-corrected chi connectivity index (χ2v) is 5.80. The SMILES string of the molecule is O=c1cc(-c2noc(C(F)(F)F)n2)ccn1Cc1cc(C2CC2)on1. The Morgan fingerprint density at radius 2 is 2.00 bits per heavy atom. The average molecular weight is 352 g/mol. The van der Waals surface area contributed by atoms with Gasteiger partial charge in [-0.05, 0) is 18.9 Å². The van der Waals surface area contributed by atoms with Gasteiger partial charge in [0.05, 0.1) is 6.54 Å². The molecule has 0 saturated heterocycles. The highest BCUT2D eigenvalue weighted by Crippen LogP contribution is 2.40. The van der Waals surface area contributed by atoms with Crippen molar-refractivity contribution in [3.63, 3.8) is 0 Å². The molecule has 0 atom stereocenters. The molecule has 0 unspecified atom stereocenters. The van der Waals surface area contributed by atoms with Crippen LogP contribution < -0.4 is 5.56 Å². The van der Waals surface area contributed by atoms with Gasteiger partial charge in [0, 0.05) is 29.8 Å². The molecule has 3 aromatic heterocycles. The number of nitrogens with zero attached hydrogens (tertiary/aromatic N) is 4. The second-order valence-electron chi connectivity index (χ2n) is 5.80. The summed E-state index contributed by atoms with van der Waals surface area (Å²) in [4.78, 5) is 15.4. The van der Waals surface area contributed by atoms with E-state index >= 15 is 0 Å². The fourth-order valence-electron chi connectivity index (χ4n) is 2.37. The third kappa shape index (κ3) is 3.19. The smallest absolute Gasteiger partial charge is 0.361 e. The molecule has 130 valence electrons. The zero-order valence-corrected chi connectivity index (χ0v) is 12.7. The number of pyridine rings is 1. The maximum Gasteiger partial charge on any atom is 0.471 e. The predicted octanol–water partition coefficient (Wildman–Crippen LogP) is 2.83. The molecular formula is C15H11F3N4O3. The Morgan fingerprint density at radius 1 is 1.20 bits per heavy atom. The van der Waals surface area contributed by atoms with Crippen molar-refractivity contribution in [2.45, 2.75) is 31.5 Å². The third-order valence-corrected chi connectivity index (χ3v) is 3.81. The quantitative estimate of drug-likeness (QED) is 0.718. The standard InChI is InChI=1S/C15H11F3N4O3/c16-15(17,18)14-19-13(21-25-14)9-3-4-22(12(23)5-9)7-10-6-11(24-20-10)8-1-2-8/h3-6,8H,1-2,7H2. The van der Waals surface area contributed by atoms with E-state index in [4.69, 9.17) is 4.52 Å². The van der Waals surface area contributed by atoms with Crippen LogP contribution in [-0.2, 0) is 12.7 Å². The summed E-state index contributed by atoms with van der Waals surface area (Å²) in [6.07, 6.45) is -1.14.